The lowest BCUT2D eigenvalue weighted by atomic mass is 10.0. The van der Waals surface area contributed by atoms with E-state index in [0.717, 1.165) is 6.54 Å². The van der Waals surface area contributed by atoms with Crippen LogP contribution in [0.4, 0.5) is 0 Å². The zero-order chi connectivity index (χ0) is 10.6. The highest BCUT2D eigenvalue weighted by Crippen LogP contribution is 2.10. The Morgan fingerprint density at radius 1 is 1.00 bits per heavy atom. The zero-order valence-corrected chi connectivity index (χ0v) is 9.91. The van der Waals surface area contributed by atoms with E-state index in [-0.39, 0.29) is 6.10 Å². The van der Waals surface area contributed by atoms with Gasteiger partial charge in [0.05, 0.1) is 6.10 Å². The minimum atomic E-state index is -0.203. The highest BCUT2D eigenvalue weighted by atomic mass is 16.3. The lowest BCUT2D eigenvalue weighted by molar-refractivity contribution is 0.0644. The standard InChI is InChI=1S/C11H25NO/c1-8(2)10(5)12(6)7-11(13)9(3)4/h8-11,13H,7H2,1-6H3. The summed E-state index contributed by atoms with van der Waals surface area (Å²) in [5.41, 5.74) is 0. The zero-order valence-electron chi connectivity index (χ0n) is 9.91. The first kappa shape index (κ1) is 12.9. The fraction of sp³-hybridized carbons (Fsp3) is 1.00. The van der Waals surface area contributed by atoms with Crippen LogP contribution in [0.2, 0.25) is 0 Å². The molecule has 2 atom stereocenters. The molecule has 0 aromatic rings. The maximum atomic E-state index is 9.69. The fourth-order valence-electron chi connectivity index (χ4n) is 1.18. The Bertz CT molecular complexity index is 134. The highest BCUT2D eigenvalue weighted by Gasteiger charge is 2.17. The molecule has 0 amide bonds. The lowest BCUT2D eigenvalue weighted by Crippen LogP contribution is -2.40. The largest absolute Gasteiger partial charge is 0.392 e. The summed E-state index contributed by atoms with van der Waals surface area (Å²) in [6, 6.07) is 0.536. The molecular formula is C11H25NO. The van der Waals surface area contributed by atoms with Crippen molar-refractivity contribution in [3.05, 3.63) is 0 Å². The third kappa shape index (κ3) is 4.63. The molecular weight excluding hydrogens is 162 g/mol. The molecule has 2 heteroatoms. The van der Waals surface area contributed by atoms with Gasteiger partial charge in [-0.25, -0.2) is 0 Å². The van der Waals surface area contributed by atoms with E-state index in [1.165, 1.54) is 0 Å². The number of rotatable bonds is 5. The van der Waals surface area contributed by atoms with Crippen molar-refractivity contribution in [2.24, 2.45) is 11.8 Å². The summed E-state index contributed by atoms with van der Waals surface area (Å²) in [5.74, 6) is 0.992. The van der Waals surface area contributed by atoms with Crippen molar-refractivity contribution in [3.8, 4) is 0 Å². The van der Waals surface area contributed by atoms with E-state index in [0.29, 0.717) is 17.9 Å². The van der Waals surface area contributed by atoms with Gasteiger partial charge in [0, 0.05) is 12.6 Å². The molecule has 0 aliphatic rings. The van der Waals surface area contributed by atoms with Crippen molar-refractivity contribution in [1.82, 2.24) is 4.90 Å². The number of aliphatic hydroxyl groups is 1. The van der Waals surface area contributed by atoms with Gasteiger partial charge >= 0.3 is 0 Å². The van der Waals surface area contributed by atoms with Crippen molar-refractivity contribution < 1.29 is 5.11 Å². The third-order valence-corrected chi connectivity index (χ3v) is 2.90. The van der Waals surface area contributed by atoms with Crippen LogP contribution in [0.15, 0.2) is 0 Å². The Morgan fingerprint density at radius 2 is 1.46 bits per heavy atom. The van der Waals surface area contributed by atoms with Crippen LogP contribution in [0, 0.1) is 11.8 Å². The predicted octanol–water partition coefficient (Wildman–Crippen LogP) is 1.98. The van der Waals surface area contributed by atoms with Gasteiger partial charge in [-0.1, -0.05) is 27.7 Å². The number of hydrogen-bond acceptors (Lipinski definition) is 2. The van der Waals surface area contributed by atoms with Crippen LogP contribution in [0.3, 0.4) is 0 Å². The molecule has 13 heavy (non-hydrogen) atoms. The molecule has 1 N–H and O–H groups in total. The van der Waals surface area contributed by atoms with Crippen LogP contribution >= 0.6 is 0 Å². The predicted molar refractivity (Wildman–Crippen MR) is 57.8 cm³/mol. The van der Waals surface area contributed by atoms with Gasteiger partial charge in [0.25, 0.3) is 0 Å². The van der Waals surface area contributed by atoms with Gasteiger partial charge in [0.15, 0.2) is 0 Å². The molecule has 0 aliphatic heterocycles. The first-order valence-corrected chi connectivity index (χ1v) is 5.24. The van der Waals surface area contributed by atoms with Crippen LogP contribution in [-0.2, 0) is 0 Å². The van der Waals surface area contributed by atoms with Crippen LogP contribution in [-0.4, -0.2) is 35.7 Å². The smallest absolute Gasteiger partial charge is 0.0689 e. The van der Waals surface area contributed by atoms with E-state index in [1.54, 1.807) is 0 Å². The number of hydrogen-bond donors (Lipinski definition) is 1. The first-order chi connectivity index (χ1) is 5.86. The summed E-state index contributed by atoms with van der Waals surface area (Å²) in [7, 11) is 2.08. The second kappa shape index (κ2) is 5.61. The van der Waals surface area contributed by atoms with Gasteiger partial charge in [-0.05, 0) is 25.8 Å². The summed E-state index contributed by atoms with van der Waals surface area (Å²) >= 11 is 0. The molecule has 0 spiro atoms. The van der Waals surface area contributed by atoms with Crippen LogP contribution < -0.4 is 0 Å². The Labute approximate surface area is 82.9 Å². The second-order valence-electron chi connectivity index (χ2n) is 4.74. The molecule has 0 rings (SSSR count). The first-order valence-electron chi connectivity index (χ1n) is 5.24. The minimum absolute atomic E-state index is 0.203. The van der Waals surface area contributed by atoms with Gasteiger partial charge in [-0.2, -0.15) is 0 Å². The highest BCUT2D eigenvalue weighted by molar-refractivity contribution is 4.71. The Morgan fingerprint density at radius 3 is 1.77 bits per heavy atom. The van der Waals surface area contributed by atoms with Gasteiger partial charge in [-0.15, -0.1) is 0 Å². The quantitative estimate of drug-likeness (QED) is 0.711. The summed E-state index contributed by atoms with van der Waals surface area (Å²) in [5, 5.41) is 9.69. The van der Waals surface area contributed by atoms with Crippen molar-refractivity contribution in [1.29, 1.82) is 0 Å². The van der Waals surface area contributed by atoms with E-state index in [2.05, 4.69) is 46.6 Å². The molecule has 0 aliphatic carbocycles. The van der Waals surface area contributed by atoms with Gasteiger partial charge < -0.3 is 10.0 Å². The number of likely N-dealkylation sites (N-methyl/N-ethyl adjacent to an activating group) is 1. The molecule has 0 aromatic carbocycles. The lowest BCUT2D eigenvalue weighted by Gasteiger charge is -2.30. The molecule has 0 heterocycles. The molecule has 80 valence electrons. The van der Waals surface area contributed by atoms with Crippen molar-refractivity contribution >= 4 is 0 Å². The number of nitrogens with zero attached hydrogens (tertiary/aromatic N) is 1. The number of aliphatic hydroxyl groups excluding tert-OH is 1. The SMILES string of the molecule is CC(C)C(O)CN(C)C(C)C(C)C. The summed E-state index contributed by atoms with van der Waals surface area (Å²) in [6.07, 6.45) is -0.203. The Kier molecular flexibility index (Phi) is 5.57. The van der Waals surface area contributed by atoms with Crippen LogP contribution in [0.5, 0.6) is 0 Å². The molecule has 2 nitrogen and oxygen atoms in total. The molecule has 2 unspecified atom stereocenters. The monoisotopic (exact) mass is 187 g/mol. The van der Waals surface area contributed by atoms with Gasteiger partial charge in [0.1, 0.15) is 0 Å². The average Bonchev–Trinajstić information content (AvgIpc) is 2.02. The maximum absolute atomic E-state index is 9.69. The van der Waals surface area contributed by atoms with Crippen LogP contribution in [0.25, 0.3) is 0 Å². The van der Waals surface area contributed by atoms with Gasteiger partial charge in [0.2, 0.25) is 0 Å². The van der Waals surface area contributed by atoms with E-state index in [1.807, 2.05) is 0 Å². The fourth-order valence-corrected chi connectivity index (χ4v) is 1.18. The normalized spacial score (nSPS) is 17.1. The Hall–Kier alpha value is -0.0800. The Balaban J connectivity index is 3.92. The maximum Gasteiger partial charge on any atom is 0.0689 e. The van der Waals surface area contributed by atoms with E-state index >= 15 is 0 Å². The topological polar surface area (TPSA) is 23.5 Å². The molecule has 0 saturated heterocycles. The summed E-state index contributed by atoms with van der Waals surface area (Å²) < 4.78 is 0. The van der Waals surface area contributed by atoms with Crippen molar-refractivity contribution in [2.75, 3.05) is 13.6 Å². The van der Waals surface area contributed by atoms with E-state index in [4.69, 9.17) is 0 Å². The van der Waals surface area contributed by atoms with Crippen LogP contribution in [0.1, 0.15) is 34.6 Å². The van der Waals surface area contributed by atoms with Gasteiger partial charge in [-0.3, -0.25) is 0 Å². The molecule has 0 saturated carbocycles. The molecule has 0 radical (unpaired) electrons. The van der Waals surface area contributed by atoms with E-state index < -0.39 is 0 Å². The summed E-state index contributed by atoms with van der Waals surface area (Å²) in [4.78, 5) is 2.23. The molecule has 0 aromatic heterocycles. The minimum Gasteiger partial charge on any atom is -0.392 e. The summed E-state index contributed by atoms with van der Waals surface area (Å²) in [6.45, 7) is 11.5. The third-order valence-electron chi connectivity index (χ3n) is 2.90. The molecule has 0 fully saturated rings. The molecule has 0 bridgehead atoms. The second-order valence-corrected chi connectivity index (χ2v) is 4.74. The van der Waals surface area contributed by atoms with Crippen molar-refractivity contribution in [3.63, 3.8) is 0 Å². The van der Waals surface area contributed by atoms with Crippen molar-refractivity contribution in [2.45, 2.75) is 46.8 Å². The average molecular weight is 187 g/mol. The van der Waals surface area contributed by atoms with E-state index in [9.17, 15) is 5.11 Å².